The van der Waals surface area contributed by atoms with Crippen molar-refractivity contribution in [1.82, 2.24) is 15.4 Å². The van der Waals surface area contributed by atoms with Crippen molar-refractivity contribution in [3.8, 4) is 12.3 Å². The molecule has 0 aliphatic rings. The third kappa shape index (κ3) is 8.20. The van der Waals surface area contributed by atoms with Crippen LogP contribution in [0.4, 0.5) is 0 Å². The Morgan fingerprint density at radius 3 is 2.48 bits per heavy atom. The van der Waals surface area contributed by atoms with E-state index in [0.717, 1.165) is 5.56 Å². The molecule has 1 aromatic rings. The van der Waals surface area contributed by atoms with E-state index in [9.17, 15) is 8.42 Å². The lowest BCUT2D eigenvalue weighted by molar-refractivity contribution is 0.582. The molecule has 128 valence electrons. The molecule has 23 heavy (non-hydrogen) atoms. The van der Waals surface area contributed by atoms with Crippen molar-refractivity contribution in [1.29, 1.82) is 0 Å². The first-order chi connectivity index (χ1) is 10.5. The number of aliphatic imine (C=N–C) groups is 1. The molecule has 0 saturated heterocycles. The van der Waals surface area contributed by atoms with E-state index in [4.69, 9.17) is 6.42 Å². The molecule has 0 unspecified atom stereocenters. The number of nitrogens with zero attached hydrogens (tertiary/aromatic N) is 1. The molecule has 0 amide bonds. The zero-order valence-corrected chi connectivity index (χ0v) is 16.4. The number of guanidine groups is 1. The standard InChI is InChI=1S/C15H22N4O2S.HI/c1-4-10-17-15(16-5-2)18-11-12-19-22(20,21)14-8-6-13(3)7-9-14;/h1,6-9,19H,5,10-12H2,2-3H3,(H2,16,17,18);1H. The first-order valence-electron chi connectivity index (χ1n) is 7.01. The normalized spacial score (nSPS) is 11.3. The van der Waals surface area contributed by atoms with Gasteiger partial charge in [-0.1, -0.05) is 23.6 Å². The first-order valence-corrected chi connectivity index (χ1v) is 8.50. The summed E-state index contributed by atoms with van der Waals surface area (Å²) in [6.07, 6.45) is 5.17. The molecule has 3 N–H and O–H groups in total. The number of halogens is 1. The van der Waals surface area contributed by atoms with E-state index in [1.54, 1.807) is 24.3 Å². The Morgan fingerprint density at radius 1 is 1.26 bits per heavy atom. The highest BCUT2D eigenvalue weighted by Gasteiger charge is 2.12. The van der Waals surface area contributed by atoms with Gasteiger partial charge in [-0.25, -0.2) is 13.1 Å². The van der Waals surface area contributed by atoms with Crippen LogP contribution < -0.4 is 15.4 Å². The number of terminal acetylenes is 1. The van der Waals surface area contributed by atoms with Gasteiger partial charge in [0.05, 0.1) is 18.0 Å². The molecule has 0 fully saturated rings. The van der Waals surface area contributed by atoms with E-state index in [2.05, 4.69) is 26.3 Å². The Balaban J connectivity index is 0.00000484. The highest BCUT2D eigenvalue weighted by molar-refractivity contribution is 14.0. The minimum Gasteiger partial charge on any atom is -0.357 e. The summed E-state index contributed by atoms with van der Waals surface area (Å²) in [7, 11) is -3.50. The predicted molar refractivity (Wildman–Crippen MR) is 105 cm³/mol. The fraction of sp³-hybridized carbons (Fsp3) is 0.400. The summed E-state index contributed by atoms with van der Waals surface area (Å²) >= 11 is 0. The third-order valence-corrected chi connectivity index (χ3v) is 4.18. The van der Waals surface area contributed by atoms with Crippen LogP contribution in [0.15, 0.2) is 34.2 Å². The largest absolute Gasteiger partial charge is 0.357 e. The maximum absolute atomic E-state index is 12.1. The van der Waals surface area contributed by atoms with Crippen LogP contribution in [0, 0.1) is 19.3 Å². The molecule has 0 radical (unpaired) electrons. The fourth-order valence-electron chi connectivity index (χ4n) is 1.62. The molecule has 0 heterocycles. The highest BCUT2D eigenvalue weighted by Crippen LogP contribution is 2.09. The Bertz CT molecular complexity index is 636. The Hall–Kier alpha value is -1.31. The van der Waals surface area contributed by atoms with Crippen molar-refractivity contribution < 1.29 is 8.42 Å². The van der Waals surface area contributed by atoms with Crippen LogP contribution in [0.2, 0.25) is 0 Å². The monoisotopic (exact) mass is 450 g/mol. The van der Waals surface area contributed by atoms with Gasteiger partial charge < -0.3 is 10.6 Å². The maximum Gasteiger partial charge on any atom is 0.240 e. The van der Waals surface area contributed by atoms with Crippen molar-refractivity contribution in [2.45, 2.75) is 18.7 Å². The van der Waals surface area contributed by atoms with E-state index in [-0.39, 0.29) is 35.4 Å². The van der Waals surface area contributed by atoms with Crippen LogP contribution >= 0.6 is 24.0 Å². The summed E-state index contributed by atoms with van der Waals surface area (Å²) in [4.78, 5) is 4.48. The molecule has 8 heteroatoms. The number of rotatable bonds is 7. The quantitative estimate of drug-likeness (QED) is 0.191. The van der Waals surface area contributed by atoms with Gasteiger partial charge in [0, 0.05) is 13.1 Å². The molecular weight excluding hydrogens is 427 g/mol. The first kappa shape index (κ1) is 21.7. The molecule has 0 aromatic heterocycles. The minimum absolute atomic E-state index is 0. The second-order valence-electron chi connectivity index (χ2n) is 4.53. The number of hydrogen-bond donors (Lipinski definition) is 3. The van der Waals surface area contributed by atoms with Crippen LogP contribution in [-0.2, 0) is 10.0 Å². The van der Waals surface area contributed by atoms with E-state index in [1.807, 2.05) is 13.8 Å². The number of hydrogen-bond acceptors (Lipinski definition) is 3. The van der Waals surface area contributed by atoms with Crippen LogP contribution in [0.5, 0.6) is 0 Å². The summed E-state index contributed by atoms with van der Waals surface area (Å²) in [5.74, 6) is 3.02. The SMILES string of the molecule is C#CCNC(=NCCNS(=O)(=O)c1ccc(C)cc1)NCC.I. The van der Waals surface area contributed by atoms with Crippen molar-refractivity contribution in [3.05, 3.63) is 29.8 Å². The fourth-order valence-corrected chi connectivity index (χ4v) is 2.65. The molecule has 0 saturated carbocycles. The number of sulfonamides is 1. The Labute approximate surface area is 155 Å². The Kier molecular flexibility index (Phi) is 10.6. The smallest absolute Gasteiger partial charge is 0.240 e. The summed E-state index contributed by atoms with van der Waals surface area (Å²) < 4.78 is 26.7. The Morgan fingerprint density at radius 2 is 1.91 bits per heavy atom. The molecule has 0 aliphatic heterocycles. The second-order valence-corrected chi connectivity index (χ2v) is 6.30. The van der Waals surface area contributed by atoms with Crippen LogP contribution in [0.1, 0.15) is 12.5 Å². The maximum atomic E-state index is 12.1. The van der Waals surface area contributed by atoms with E-state index in [1.165, 1.54) is 0 Å². The summed E-state index contributed by atoms with van der Waals surface area (Å²) in [5, 5.41) is 5.95. The number of nitrogens with one attached hydrogen (secondary N) is 3. The molecular formula is C15H23IN4O2S. The summed E-state index contributed by atoms with van der Waals surface area (Å²) in [5.41, 5.74) is 1.01. The van der Waals surface area contributed by atoms with Gasteiger partial charge in [-0.15, -0.1) is 30.4 Å². The van der Waals surface area contributed by atoms with Gasteiger partial charge in [0.25, 0.3) is 0 Å². The molecule has 0 bridgehead atoms. The summed E-state index contributed by atoms with van der Waals surface area (Å²) in [6, 6.07) is 6.69. The van der Waals surface area contributed by atoms with Gasteiger partial charge in [-0.3, -0.25) is 4.99 Å². The highest BCUT2D eigenvalue weighted by atomic mass is 127. The average Bonchev–Trinajstić information content (AvgIpc) is 2.49. The zero-order valence-electron chi connectivity index (χ0n) is 13.3. The summed E-state index contributed by atoms with van der Waals surface area (Å²) in [6.45, 7) is 5.43. The van der Waals surface area contributed by atoms with Crippen molar-refractivity contribution in [2.75, 3.05) is 26.2 Å². The van der Waals surface area contributed by atoms with Gasteiger partial charge in [-0.2, -0.15) is 0 Å². The lowest BCUT2D eigenvalue weighted by Gasteiger charge is -2.09. The molecule has 1 rings (SSSR count). The minimum atomic E-state index is -3.50. The predicted octanol–water partition coefficient (Wildman–Crippen LogP) is 1.08. The van der Waals surface area contributed by atoms with E-state index in [0.29, 0.717) is 25.6 Å². The van der Waals surface area contributed by atoms with Crippen molar-refractivity contribution in [3.63, 3.8) is 0 Å². The molecule has 6 nitrogen and oxygen atoms in total. The van der Waals surface area contributed by atoms with Crippen molar-refractivity contribution >= 4 is 40.0 Å². The van der Waals surface area contributed by atoms with E-state index < -0.39 is 10.0 Å². The van der Waals surface area contributed by atoms with Gasteiger partial charge >= 0.3 is 0 Å². The number of benzene rings is 1. The number of aryl methyl sites for hydroxylation is 1. The molecule has 0 aliphatic carbocycles. The van der Waals surface area contributed by atoms with Crippen LogP contribution in [-0.4, -0.2) is 40.6 Å². The molecule has 0 atom stereocenters. The lowest BCUT2D eigenvalue weighted by Crippen LogP contribution is -2.38. The van der Waals surface area contributed by atoms with E-state index >= 15 is 0 Å². The lowest BCUT2D eigenvalue weighted by atomic mass is 10.2. The van der Waals surface area contributed by atoms with Crippen LogP contribution in [0.3, 0.4) is 0 Å². The van der Waals surface area contributed by atoms with Gasteiger partial charge in [0.15, 0.2) is 5.96 Å². The van der Waals surface area contributed by atoms with Gasteiger partial charge in [-0.05, 0) is 26.0 Å². The molecule has 0 spiro atoms. The zero-order chi connectivity index (χ0) is 16.4. The van der Waals surface area contributed by atoms with Gasteiger partial charge in [0.2, 0.25) is 10.0 Å². The molecule has 1 aromatic carbocycles. The average molecular weight is 450 g/mol. The third-order valence-electron chi connectivity index (χ3n) is 2.71. The topological polar surface area (TPSA) is 82.6 Å². The second kappa shape index (κ2) is 11.3. The van der Waals surface area contributed by atoms with Gasteiger partial charge in [0.1, 0.15) is 0 Å². The van der Waals surface area contributed by atoms with Crippen LogP contribution in [0.25, 0.3) is 0 Å². The van der Waals surface area contributed by atoms with Crippen molar-refractivity contribution in [2.24, 2.45) is 4.99 Å².